The van der Waals surface area contributed by atoms with Crippen LogP contribution in [-0.2, 0) is 0 Å². The van der Waals surface area contributed by atoms with Gasteiger partial charge >= 0.3 is 0 Å². The monoisotopic (exact) mass is 222 g/mol. The molecule has 2 nitrogen and oxygen atoms in total. The fourth-order valence-corrected chi connectivity index (χ4v) is 2.58. The third kappa shape index (κ3) is 2.50. The molecule has 1 heterocycles. The van der Waals surface area contributed by atoms with E-state index in [-0.39, 0.29) is 0 Å². The number of likely N-dealkylation sites (tertiary alicyclic amines) is 1. The molecule has 4 heteroatoms. The quantitative estimate of drug-likeness (QED) is 0.736. The van der Waals surface area contributed by atoms with Crippen LogP contribution in [-0.4, -0.2) is 34.9 Å². The van der Waals surface area contributed by atoms with Crippen molar-refractivity contribution in [3.8, 4) is 0 Å². The van der Waals surface area contributed by atoms with Crippen molar-refractivity contribution in [1.82, 2.24) is 4.90 Å². The number of rotatable bonds is 3. The number of halogens is 2. The highest BCUT2D eigenvalue weighted by Crippen LogP contribution is 2.54. The Bertz CT molecular complexity index is 196. The Balaban J connectivity index is 1.64. The van der Waals surface area contributed by atoms with Gasteiger partial charge in [-0.25, -0.2) is 0 Å². The van der Waals surface area contributed by atoms with Crippen molar-refractivity contribution >= 4 is 23.2 Å². The molecule has 0 aromatic rings. The van der Waals surface area contributed by atoms with Crippen molar-refractivity contribution in [3.05, 3.63) is 0 Å². The molecule has 1 aliphatic heterocycles. The summed E-state index contributed by atoms with van der Waals surface area (Å²) in [4.78, 5) is 2.41. The zero-order chi connectivity index (χ0) is 9.47. The molecule has 2 rings (SSSR count). The van der Waals surface area contributed by atoms with Crippen LogP contribution in [0, 0.1) is 5.92 Å². The Morgan fingerprint density at radius 2 is 2.15 bits per heavy atom. The molecule has 0 aromatic heterocycles. The van der Waals surface area contributed by atoms with Gasteiger partial charge in [0, 0.05) is 12.6 Å². The Kier molecular flexibility index (Phi) is 2.76. The smallest absolute Gasteiger partial charge is 0.121 e. The van der Waals surface area contributed by atoms with Gasteiger partial charge in [0.05, 0.1) is 0 Å². The van der Waals surface area contributed by atoms with E-state index in [1.165, 1.54) is 0 Å². The van der Waals surface area contributed by atoms with E-state index < -0.39 is 4.33 Å². The summed E-state index contributed by atoms with van der Waals surface area (Å²) < 4.78 is -0.401. The third-order valence-corrected chi connectivity index (χ3v) is 3.98. The molecular weight excluding hydrogens is 207 g/mol. The topological polar surface area (TPSA) is 29.3 Å². The lowest BCUT2D eigenvalue weighted by atomic mass is 10.3. The lowest BCUT2D eigenvalue weighted by Crippen LogP contribution is -2.27. The SMILES string of the molecule is N[C@@H]1CCN(CCC2CC2(Cl)Cl)C1. The number of hydrogen-bond donors (Lipinski definition) is 1. The number of nitrogens with two attached hydrogens (primary N) is 1. The maximum absolute atomic E-state index is 5.94. The average molecular weight is 223 g/mol. The first-order valence-electron chi connectivity index (χ1n) is 4.94. The summed E-state index contributed by atoms with van der Waals surface area (Å²) >= 11 is 11.9. The van der Waals surface area contributed by atoms with E-state index in [1.807, 2.05) is 0 Å². The molecule has 1 unspecified atom stereocenters. The van der Waals surface area contributed by atoms with Gasteiger partial charge in [0.15, 0.2) is 0 Å². The largest absolute Gasteiger partial charge is 0.326 e. The average Bonchev–Trinajstić information content (AvgIpc) is 2.45. The molecule has 1 aliphatic carbocycles. The first-order chi connectivity index (χ1) is 6.08. The summed E-state index contributed by atoms with van der Waals surface area (Å²) in [5, 5.41) is 0. The first kappa shape index (κ1) is 10.0. The van der Waals surface area contributed by atoms with E-state index in [1.54, 1.807) is 0 Å². The third-order valence-electron chi connectivity index (χ3n) is 3.06. The summed E-state index contributed by atoms with van der Waals surface area (Å²) in [7, 11) is 0. The Morgan fingerprint density at radius 1 is 1.46 bits per heavy atom. The van der Waals surface area contributed by atoms with Crippen LogP contribution in [0.15, 0.2) is 0 Å². The van der Waals surface area contributed by atoms with Gasteiger partial charge in [-0.1, -0.05) is 0 Å². The first-order valence-corrected chi connectivity index (χ1v) is 5.69. The molecule has 0 bridgehead atoms. The fraction of sp³-hybridized carbons (Fsp3) is 1.00. The molecule has 0 radical (unpaired) electrons. The Morgan fingerprint density at radius 3 is 2.62 bits per heavy atom. The second-order valence-corrected chi connectivity index (χ2v) is 5.84. The molecule has 2 N–H and O–H groups in total. The molecule has 76 valence electrons. The van der Waals surface area contributed by atoms with Crippen LogP contribution in [0.5, 0.6) is 0 Å². The minimum absolute atomic E-state index is 0.385. The maximum Gasteiger partial charge on any atom is 0.121 e. The molecule has 1 saturated carbocycles. The molecule has 2 aliphatic rings. The molecule has 13 heavy (non-hydrogen) atoms. The second-order valence-electron chi connectivity index (χ2n) is 4.30. The van der Waals surface area contributed by atoms with Gasteiger partial charge in [-0.15, -0.1) is 23.2 Å². The van der Waals surface area contributed by atoms with Crippen LogP contribution in [0.3, 0.4) is 0 Å². The standard InChI is InChI=1S/C9H16Cl2N2/c10-9(11)5-7(9)1-3-13-4-2-8(12)6-13/h7-8H,1-6,12H2/t7?,8-/m1/s1. The summed E-state index contributed by atoms with van der Waals surface area (Å²) in [6.45, 7) is 3.30. The number of nitrogens with zero attached hydrogens (tertiary/aromatic N) is 1. The molecular formula is C9H16Cl2N2. The van der Waals surface area contributed by atoms with Crippen LogP contribution in [0.2, 0.25) is 0 Å². The summed E-state index contributed by atoms with van der Waals surface area (Å²) in [6, 6.07) is 0.385. The minimum Gasteiger partial charge on any atom is -0.326 e. The minimum atomic E-state index is -0.401. The van der Waals surface area contributed by atoms with Crippen molar-refractivity contribution in [2.24, 2.45) is 11.7 Å². The van der Waals surface area contributed by atoms with E-state index in [4.69, 9.17) is 28.9 Å². The lowest BCUT2D eigenvalue weighted by Gasteiger charge is -2.14. The highest BCUT2D eigenvalue weighted by atomic mass is 35.5. The highest BCUT2D eigenvalue weighted by molar-refractivity contribution is 6.50. The van der Waals surface area contributed by atoms with E-state index in [9.17, 15) is 0 Å². The molecule has 2 fully saturated rings. The summed E-state index contributed by atoms with van der Waals surface area (Å²) in [5.41, 5.74) is 5.81. The van der Waals surface area contributed by atoms with E-state index >= 15 is 0 Å². The van der Waals surface area contributed by atoms with E-state index in [0.717, 1.165) is 38.9 Å². The van der Waals surface area contributed by atoms with Crippen LogP contribution >= 0.6 is 23.2 Å². The van der Waals surface area contributed by atoms with Crippen molar-refractivity contribution in [2.45, 2.75) is 29.6 Å². The van der Waals surface area contributed by atoms with Gasteiger partial charge < -0.3 is 10.6 Å². The van der Waals surface area contributed by atoms with Crippen molar-refractivity contribution in [2.75, 3.05) is 19.6 Å². The summed E-state index contributed by atoms with van der Waals surface area (Å²) in [6.07, 6.45) is 3.23. The second kappa shape index (κ2) is 3.58. The fourth-order valence-electron chi connectivity index (χ4n) is 1.99. The molecule has 1 saturated heterocycles. The Labute approximate surface area is 89.4 Å². The van der Waals surface area contributed by atoms with Gasteiger partial charge in [0.2, 0.25) is 0 Å². The zero-order valence-corrected chi connectivity index (χ0v) is 9.19. The number of alkyl halides is 2. The van der Waals surface area contributed by atoms with Gasteiger partial charge in [-0.3, -0.25) is 0 Å². The predicted octanol–water partition coefficient (Wildman–Crippen LogP) is 1.60. The highest BCUT2D eigenvalue weighted by Gasteiger charge is 2.50. The van der Waals surface area contributed by atoms with Crippen LogP contribution in [0.1, 0.15) is 19.3 Å². The lowest BCUT2D eigenvalue weighted by molar-refractivity contribution is 0.321. The number of hydrogen-bond acceptors (Lipinski definition) is 2. The van der Waals surface area contributed by atoms with Crippen molar-refractivity contribution < 1.29 is 0 Å². The van der Waals surface area contributed by atoms with Gasteiger partial charge in [-0.05, 0) is 38.3 Å². The van der Waals surface area contributed by atoms with Gasteiger partial charge in [0.1, 0.15) is 4.33 Å². The molecule has 0 aromatic carbocycles. The molecule has 0 amide bonds. The van der Waals surface area contributed by atoms with Gasteiger partial charge in [0.25, 0.3) is 0 Å². The zero-order valence-electron chi connectivity index (χ0n) is 7.68. The maximum atomic E-state index is 5.94. The van der Waals surface area contributed by atoms with Crippen LogP contribution in [0.4, 0.5) is 0 Å². The van der Waals surface area contributed by atoms with E-state index in [0.29, 0.717) is 12.0 Å². The van der Waals surface area contributed by atoms with Crippen LogP contribution < -0.4 is 5.73 Å². The normalized spacial score (nSPS) is 38.1. The van der Waals surface area contributed by atoms with Gasteiger partial charge in [-0.2, -0.15) is 0 Å². The molecule has 0 spiro atoms. The van der Waals surface area contributed by atoms with Crippen LogP contribution in [0.25, 0.3) is 0 Å². The van der Waals surface area contributed by atoms with Crippen molar-refractivity contribution in [3.63, 3.8) is 0 Å². The Hall–Kier alpha value is 0.500. The van der Waals surface area contributed by atoms with Crippen molar-refractivity contribution in [1.29, 1.82) is 0 Å². The molecule has 2 atom stereocenters. The summed E-state index contributed by atoms with van der Waals surface area (Å²) in [5.74, 6) is 0.521. The van der Waals surface area contributed by atoms with E-state index in [2.05, 4.69) is 4.90 Å². The predicted molar refractivity (Wildman–Crippen MR) is 56.2 cm³/mol.